The monoisotopic (exact) mass is 283 g/mol. The fraction of sp³-hybridized carbons (Fsp3) is 0.0769. The number of halogens is 2. The molecule has 2 aromatic carbocycles. The van der Waals surface area contributed by atoms with E-state index in [0.29, 0.717) is 10.7 Å². The van der Waals surface area contributed by atoms with Gasteiger partial charge in [-0.1, -0.05) is 35.3 Å². The van der Waals surface area contributed by atoms with Gasteiger partial charge in [-0.3, -0.25) is 0 Å². The Morgan fingerprint density at radius 2 is 1.88 bits per heavy atom. The van der Waals surface area contributed by atoms with E-state index in [1.54, 1.807) is 11.8 Å². The van der Waals surface area contributed by atoms with Crippen LogP contribution in [0, 0.1) is 0 Å². The van der Waals surface area contributed by atoms with E-state index >= 15 is 0 Å². The lowest BCUT2D eigenvalue weighted by Gasteiger charge is -2.04. The lowest BCUT2D eigenvalue weighted by molar-refractivity contribution is 1.38. The van der Waals surface area contributed by atoms with Crippen molar-refractivity contribution in [1.29, 1.82) is 0 Å². The summed E-state index contributed by atoms with van der Waals surface area (Å²) in [4.78, 5) is 1.14. The van der Waals surface area contributed by atoms with Gasteiger partial charge >= 0.3 is 0 Å². The molecule has 0 aliphatic carbocycles. The smallest absolute Gasteiger partial charge is 0.0635 e. The normalized spacial score (nSPS) is 10.5. The second kappa shape index (κ2) is 5.67. The van der Waals surface area contributed by atoms with Gasteiger partial charge < -0.3 is 5.73 Å². The van der Waals surface area contributed by atoms with Crippen LogP contribution >= 0.6 is 35.0 Å². The van der Waals surface area contributed by atoms with E-state index in [0.717, 1.165) is 21.2 Å². The van der Waals surface area contributed by atoms with E-state index in [9.17, 15) is 0 Å². The van der Waals surface area contributed by atoms with Crippen LogP contribution in [0.3, 0.4) is 0 Å². The van der Waals surface area contributed by atoms with Crippen molar-refractivity contribution in [2.45, 2.75) is 10.6 Å². The summed E-state index contributed by atoms with van der Waals surface area (Å²) in [6.45, 7) is 0. The summed E-state index contributed by atoms with van der Waals surface area (Å²) < 4.78 is 0. The van der Waals surface area contributed by atoms with Gasteiger partial charge in [0.1, 0.15) is 0 Å². The first-order valence-electron chi connectivity index (χ1n) is 5.07. The molecule has 0 atom stereocenters. The van der Waals surface area contributed by atoms with Gasteiger partial charge in [-0.2, -0.15) is 0 Å². The van der Waals surface area contributed by atoms with Crippen molar-refractivity contribution in [2.75, 3.05) is 5.73 Å². The summed E-state index contributed by atoms with van der Waals surface area (Å²) in [5, 5.41) is 1.35. The van der Waals surface area contributed by atoms with Crippen LogP contribution in [-0.2, 0) is 5.75 Å². The van der Waals surface area contributed by atoms with Gasteiger partial charge in [0.15, 0.2) is 0 Å². The second-order valence-electron chi connectivity index (χ2n) is 3.60. The number of rotatable bonds is 3. The largest absolute Gasteiger partial charge is 0.398 e. The summed E-state index contributed by atoms with van der Waals surface area (Å²) in [6.07, 6.45) is 0. The molecule has 0 aromatic heterocycles. The molecule has 0 bridgehead atoms. The van der Waals surface area contributed by atoms with Crippen molar-refractivity contribution in [3.05, 3.63) is 58.1 Å². The Labute approximate surface area is 115 Å². The number of hydrogen-bond acceptors (Lipinski definition) is 2. The van der Waals surface area contributed by atoms with Crippen molar-refractivity contribution in [1.82, 2.24) is 0 Å². The van der Waals surface area contributed by atoms with E-state index in [1.165, 1.54) is 0 Å². The first kappa shape index (κ1) is 12.6. The molecule has 0 fully saturated rings. The molecule has 88 valence electrons. The zero-order valence-corrected chi connectivity index (χ0v) is 11.3. The van der Waals surface area contributed by atoms with Crippen LogP contribution in [0.15, 0.2) is 47.4 Å². The van der Waals surface area contributed by atoms with E-state index in [1.807, 2.05) is 42.5 Å². The van der Waals surface area contributed by atoms with E-state index < -0.39 is 0 Å². The van der Waals surface area contributed by atoms with Crippen LogP contribution in [0.5, 0.6) is 0 Å². The van der Waals surface area contributed by atoms with Crippen LogP contribution in [0.1, 0.15) is 5.56 Å². The number of nitrogens with two attached hydrogens (primary N) is 1. The minimum Gasteiger partial charge on any atom is -0.398 e. The molecule has 0 aliphatic rings. The summed E-state index contributed by atoms with van der Waals surface area (Å²) in [5.74, 6) is 0.849. The molecule has 2 aromatic rings. The average molecular weight is 284 g/mol. The quantitative estimate of drug-likeness (QED) is 0.643. The molecule has 0 saturated carbocycles. The third kappa shape index (κ3) is 3.56. The molecule has 0 heterocycles. The number of benzene rings is 2. The third-order valence-corrected chi connectivity index (χ3v) is 3.91. The van der Waals surface area contributed by atoms with E-state index in [4.69, 9.17) is 28.9 Å². The van der Waals surface area contributed by atoms with Crippen LogP contribution in [0.4, 0.5) is 5.69 Å². The van der Waals surface area contributed by atoms with Gasteiger partial charge in [-0.05, 0) is 35.9 Å². The predicted octanol–water partition coefficient (Wildman–Crippen LogP) is 4.87. The fourth-order valence-electron chi connectivity index (χ4n) is 1.41. The Bertz CT molecular complexity index is 529. The van der Waals surface area contributed by atoms with Crippen molar-refractivity contribution >= 4 is 40.7 Å². The number of hydrogen-bond donors (Lipinski definition) is 1. The highest BCUT2D eigenvalue weighted by Crippen LogP contribution is 2.27. The maximum absolute atomic E-state index is 5.92. The molecule has 0 radical (unpaired) electrons. The molecule has 2 rings (SSSR count). The zero-order valence-electron chi connectivity index (χ0n) is 8.99. The fourth-order valence-corrected chi connectivity index (χ4v) is 2.68. The van der Waals surface area contributed by atoms with Crippen LogP contribution in [-0.4, -0.2) is 0 Å². The molecule has 0 saturated heterocycles. The summed E-state index contributed by atoms with van der Waals surface area (Å²) in [6, 6.07) is 13.5. The zero-order chi connectivity index (χ0) is 12.3. The summed E-state index contributed by atoms with van der Waals surface area (Å²) >= 11 is 13.5. The molecule has 1 nitrogen and oxygen atoms in total. The third-order valence-electron chi connectivity index (χ3n) is 2.26. The topological polar surface area (TPSA) is 26.0 Å². The Hall–Kier alpha value is -0.830. The van der Waals surface area contributed by atoms with Gasteiger partial charge in [0, 0.05) is 15.7 Å². The van der Waals surface area contributed by atoms with Gasteiger partial charge in [0.05, 0.1) is 10.7 Å². The Morgan fingerprint density at radius 1 is 1.06 bits per heavy atom. The molecule has 0 aliphatic heterocycles. The molecule has 2 N–H and O–H groups in total. The molecular formula is C13H11Cl2NS. The molecule has 0 amide bonds. The summed E-state index contributed by atoms with van der Waals surface area (Å²) in [5.41, 5.74) is 7.52. The lowest BCUT2D eigenvalue weighted by Crippen LogP contribution is -1.88. The van der Waals surface area contributed by atoms with E-state index in [2.05, 4.69) is 0 Å². The number of anilines is 1. The van der Waals surface area contributed by atoms with E-state index in [-0.39, 0.29) is 0 Å². The highest BCUT2D eigenvalue weighted by molar-refractivity contribution is 7.98. The van der Waals surface area contributed by atoms with Gasteiger partial charge in [0.2, 0.25) is 0 Å². The Kier molecular flexibility index (Phi) is 4.21. The van der Waals surface area contributed by atoms with Crippen LogP contribution in [0.2, 0.25) is 10.0 Å². The minimum absolute atomic E-state index is 0.599. The SMILES string of the molecule is Nc1cc(CSc2cccc(Cl)c2)ccc1Cl. The van der Waals surface area contributed by atoms with Gasteiger partial charge in [-0.15, -0.1) is 11.8 Å². The Balaban J connectivity index is 2.05. The highest BCUT2D eigenvalue weighted by atomic mass is 35.5. The van der Waals surface area contributed by atoms with Crippen molar-refractivity contribution in [2.24, 2.45) is 0 Å². The molecular weight excluding hydrogens is 273 g/mol. The van der Waals surface area contributed by atoms with Crippen LogP contribution < -0.4 is 5.73 Å². The average Bonchev–Trinajstić information content (AvgIpc) is 2.31. The molecule has 0 spiro atoms. The number of nitrogen functional groups attached to an aromatic ring is 1. The second-order valence-corrected chi connectivity index (χ2v) is 5.49. The van der Waals surface area contributed by atoms with Crippen molar-refractivity contribution in [3.63, 3.8) is 0 Å². The predicted molar refractivity (Wildman–Crippen MR) is 76.9 cm³/mol. The lowest BCUT2D eigenvalue weighted by atomic mass is 10.2. The molecule has 0 unspecified atom stereocenters. The van der Waals surface area contributed by atoms with Crippen molar-refractivity contribution in [3.8, 4) is 0 Å². The first-order chi connectivity index (χ1) is 8.15. The van der Waals surface area contributed by atoms with Gasteiger partial charge in [-0.25, -0.2) is 0 Å². The number of thioether (sulfide) groups is 1. The summed E-state index contributed by atoms with van der Waals surface area (Å²) in [7, 11) is 0. The van der Waals surface area contributed by atoms with Crippen molar-refractivity contribution < 1.29 is 0 Å². The minimum atomic E-state index is 0.599. The standard InChI is InChI=1S/C13H11Cl2NS/c14-10-2-1-3-11(7-10)17-8-9-4-5-12(15)13(16)6-9/h1-7H,8,16H2. The van der Waals surface area contributed by atoms with Crippen LogP contribution in [0.25, 0.3) is 0 Å². The maximum Gasteiger partial charge on any atom is 0.0635 e. The molecule has 4 heteroatoms. The first-order valence-corrected chi connectivity index (χ1v) is 6.81. The van der Waals surface area contributed by atoms with Gasteiger partial charge in [0.25, 0.3) is 0 Å². The molecule has 17 heavy (non-hydrogen) atoms. The maximum atomic E-state index is 5.92. The Morgan fingerprint density at radius 3 is 2.59 bits per heavy atom. The highest BCUT2D eigenvalue weighted by Gasteiger charge is 2.00.